The Balaban J connectivity index is 1.54. The molecule has 24 heavy (non-hydrogen) atoms. The molecule has 3 rings (SSSR count). The summed E-state index contributed by atoms with van der Waals surface area (Å²) in [5.74, 6) is 1.01. The van der Waals surface area contributed by atoms with Gasteiger partial charge in [-0.15, -0.1) is 0 Å². The van der Waals surface area contributed by atoms with Gasteiger partial charge in [-0.1, -0.05) is 19.1 Å². The van der Waals surface area contributed by atoms with Crippen molar-refractivity contribution in [1.82, 2.24) is 20.1 Å². The first-order valence-electron chi connectivity index (χ1n) is 8.09. The van der Waals surface area contributed by atoms with Crippen LogP contribution < -0.4 is 0 Å². The fraction of sp³-hybridized carbons (Fsp3) is 0.412. The summed E-state index contributed by atoms with van der Waals surface area (Å²) in [7, 11) is 0. The van der Waals surface area contributed by atoms with E-state index in [4.69, 9.17) is 4.74 Å². The maximum Gasteiger partial charge on any atom is 0.338 e. The molecule has 1 aliphatic rings. The van der Waals surface area contributed by atoms with E-state index in [2.05, 4.69) is 15.2 Å². The number of nitrogens with one attached hydrogen (secondary N) is 1. The number of nitrogens with zero attached hydrogens (tertiary/aromatic N) is 3. The number of rotatable bonds is 6. The zero-order valence-corrected chi connectivity index (χ0v) is 13.6. The van der Waals surface area contributed by atoms with Crippen molar-refractivity contribution < 1.29 is 14.3 Å². The topological polar surface area (TPSA) is 88.2 Å². The van der Waals surface area contributed by atoms with Gasteiger partial charge in [-0.3, -0.25) is 9.89 Å². The summed E-state index contributed by atoms with van der Waals surface area (Å²) < 4.78 is 5.23. The van der Waals surface area contributed by atoms with Crippen molar-refractivity contribution in [2.75, 3.05) is 6.54 Å². The lowest BCUT2D eigenvalue weighted by atomic mass is 10.1. The van der Waals surface area contributed by atoms with E-state index >= 15 is 0 Å². The number of aryl methyl sites for hydroxylation is 1. The van der Waals surface area contributed by atoms with Crippen LogP contribution in [0.5, 0.6) is 0 Å². The normalized spacial score (nSPS) is 14.2. The summed E-state index contributed by atoms with van der Waals surface area (Å²) in [5.41, 5.74) is 1.48. The maximum absolute atomic E-state index is 12.1. The van der Waals surface area contributed by atoms with Crippen LogP contribution in [-0.2, 0) is 29.1 Å². The molecular weight excluding hydrogens is 308 g/mol. The van der Waals surface area contributed by atoms with Crippen LogP contribution in [0.4, 0.5) is 0 Å². The van der Waals surface area contributed by atoms with Crippen molar-refractivity contribution in [3.63, 3.8) is 0 Å². The molecule has 1 amide bonds. The molecule has 2 aromatic rings. The zero-order valence-electron chi connectivity index (χ0n) is 13.6. The maximum atomic E-state index is 12.1. The van der Waals surface area contributed by atoms with Crippen molar-refractivity contribution >= 4 is 11.9 Å². The summed E-state index contributed by atoms with van der Waals surface area (Å²) >= 11 is 0. The van der Waals surface area contributed by atoms with Crippen molar-refractivity contribution in [2.45, 2.75) is 39.3 Å². The Bertz CT molecular complexity index is 724. The Labute approximate surface area is 140 Å². The van der Waals surface area contributed by atoms with Crippen molar-refractivity contribution in [3.05, 3.63) is 47.0 Å². The van der Waals surface area contributed by atoms with Crippen LogP contribution in [0.1, 0.15) is 47.3 Å². The molecular formula is C17H20N4O3. The van der Waals surface area contributed by atoms with Gasteiger partial charge in [0.1, 0.15) is 0 Å². The fourth-order valence-electron chi connectivity index (χ4n) is 2.61. The average Bonchev–Trinajstić information content (AvgIpc) is 3.22. The molecule has 0 aliphatic carbocycles. The second-order valence-corrected chi connectivity index (χ2v) is 5.74. The highest BCUT2D eigenvalue weighted by molar-refractivity contribution is 5.89. The highest BCUT2D eigenvalue weighted by Gasteiger charge is 2.20. The van der Waals surface area contributed by atoms with Crippen LogP contribution >= 0.6 is 0 Å². The number of esters is 1. The lowest BCUT2D eigenvalue weighted by Gasteiger charge is -2.15. The van der Waals surface area contributed by atoms with Gasteiger partial charge in [0.2, 0.25) is 5.91 Å². The third kappa shape index (κ3) is 3.79. The molecule has 0 unspecified atom stereocenters. The van der Waals surface area contributed by atoms with Gasteiger partial charge in [0.05, 0.1) is 5.56 Å². The van der Waals surface area contributed by atoms with Gasteiger partial charge in [0, 0.05) is 25.9 Å². The molecule has 1 aromatic heterocycles. The van der Waals surface area contributed by atoms with Crippen LogP contribution in [0.3, 0.4) is 0 Å². The minimum Gasteiger partial charge on any atom is -0.454 e. The SMILES string of the molecule is CCc1n[nH]c(COC(=O)c2ccc(CN3CCCC3=O)cc2)n1. The number of aromatic nitrogens is 3. The van der Waals surface area contributed by atoms with Crippen LogP contribution in [0, 0.1) is 0 Å². The van der Waals surface area contributed by atoms with Crippen LogP contribution in [-0.4, -0.2) is 38.5 Å². The molecule has 2 heterocycles. The first-order chi connectivity index (χ1) is 11.7. The standard InChI is InChI=1S/C17H20N4O3/c1-2-14-18-15(20-19-14)11-24-17(23)13-7-5-12(6-8-13)10-21-9-3-4-16(21)22/h5-8H,2-4,9-11H2,1H3,(H,18,19,20). The summed E-state index contributed by atoms with van der Waals surface area (Å²) in [5, 5.41) is 6.73. The lowest BCUT2D eigenvalue weighted by Crippen LogP contribution is -2.23. The number of carbonyl (C=O) groups is 2. The number of ether oxygens (including phenoxy) is 1. The molecule has 0 saturated carbocycles. The van der Waals surface area contributed by atoms with Gasteiger partial charge in [0.15, 0.2) is 18.3 Å². The predicted octanol–water partition coefficient (Wildman–Crippen LogP) is 1.85. The van der Waals surface area contributed by atoms with E-state index in [1.165, 1.54) is 0 Å². The summed E-state index contributed by atoms with van der Waals surface area (Å²) in [6.07, 6.45) is 2.28. The highest BCUT2D eigenvalue weighted by atomic mass is 16.5. The Morgan fingerprint density at radius 3 is 2.75 bits per heavy atom. The highest BCUT2D eigenvalue weighted by Crippen LogP contribution is 2.15. The first kappa shape index (κ1) is 16.2. The fourth-order valence-corrected chi connectivity index (χ4v) is 2.61. The lowest BCUT2D eigenvalue weighted by molar-refractivity contribution is -0.128. The molecule has 1 saturated heterocycles. The molecule has 0 spiro atoms. The quantitative estimate of drug-likeness (QED) is 0.818. The number of hydrogen-bond donors (Lipinski definition) is 1. The van der Waals surface area contributed by atoms with E-state index in [1.54, 1.807) is 12.1 Å². The van der Waals surface area contributed by atoms with Crippen LogP contribution in [0.25, 0.3) is 0 Å². The van der Waals surface area contributed by atoms with Crippen LogP contribution in [0.15, 0.2) is 24.3 Å². The number of H-pyrrole nitrogens is 1. The number of hydrogen-bond acceptors (Lipinski definition) is 5. The number of likely N-dealkylation sites (tertiary alicyclic amines) is 1. The molecule has 0 atom stereocenters. The Hall–Kier alpha value is -2.70. The van der Waals surface area contributed by atoms with E-state index in [1.807, 2.05) is 24.0 Å². The molecule has 1 aliphatic heterocycles. The molecule has 126 valence electrons. The number of benzene rings is 1. The summed E-state index contributed by atoms with van der Waals surface area (Å²) in [6.45, 7) is 3.41. The molecule has 1 aromatic carbocycles. The third-order valence-electron chi connectivity index (χ3n) is 3.97. The van der Waals surface area contributed by atoms with E-state index < -0.39 is 5.97 Å². The van der Waals surface area contributed by atoms with Gasteiger partial charge in [-0.2, -0.15) is 5.10 Å². The van der Waals surface area contributed by atoms with Crippen molar-refractivity contribution in [3.8, 4) is 0 Å². The molecule has 1 N–H and O–H groups in total. The molecule has 0 radical (unpaired) electrons. The molecule has 7 heteroatoms. The van der Waals surface area contributed by atoms with Crippen molar-refractivity contribution in [1.29, 1.82) is 0 Å². The number of carbonyl (C=O) groups excluding carboxylic acids is 2. The minimum absolute atomic E-state index is 0.0653. The van der Waals surface area contributed by atoms with Gasteiger partial charge in [-0.25, -0.2) is 9.78 Å². The summed E-state index contributed by atoms with van der Waals surface area (Å²) in [6, 6.07) is 7.14. The molecule has 7 nitrogen and oxygen atoms in total. The average molecular weight is 328 g/mol. The molecule has 1 fully saturated rings. The smallest absolute Gasteiger partial charge is 0.338 e. The summed E-state index contributed by atoms with van der Waals surface area (Å²) in [4.78, 5) is 29.7. The number of amides is 1. The van der Waals surface area contributed by atoms with Gasteiger partial charge >= 0.3 is 5.97 Å². The zero-order chi connectivity index (χ0) is 16.9. The number of aromatic amines is 1. The van der Waals surface area contributed by atoms with Crippen LogP contribution in [0.2, 0.25) is 0 Å². The Morgan fingerprint density at radius 1 is 1.33 bits per heavy atom. The molecule has 0 bridgehead atoms. The van der Waals surface area contributed by atoms with E-state index in [-0.39, 0.29) is 12.5 Å². The minimum atomic E-state index is -0.409. The largest absolute Gasteiger partial charge is 0.454 e. The van der Waals surface area contributed by atoms with Gasteiger partial charge in [-0.05, 0) is 24.1 Å². The first-order valence-corrected chi connectivity index (χ1v) is 8.09. The van der Waals surface area contributed by atoms with Gasteiger partial charge in [0.25, 0.3) is 0 Å². The second-order valence-electron chi connectivity index (χ2n) is 5.74. The van der Waals surface area contributed by atoms with Crippen molar-refractivity contribution in [2.24, 2.45) is 0 Å². The van der Waals surface area contributed by atoms with E-state index in [9.17, 15) is 9.59 Å². The second kappa shape index (κ2) is 7.25. The van der Waals surface area contributed by atoms with Gasteiger partial charge < -0.3 is 9.64 Å². The third-order valence-corrected chi connectivity index (χ3v) is 3.97. The monoisotopic (exact) mass is 328 g/mol. The van der Waals surface area contributed by atoms with E-state index in [0.29, 0.717) is 30.2 Å². The Kier molecular flexibility index (Phi) is 4.88. The predicted molar refractivity (Wildman–Crippen MR) is 86.0 cm³/mol. The van der Waals surface area contributed by atoms with E-state index in [0.717, 1.165) is 24.9 Å². The Morgan fingerprint density at radius 2 is 2.12 bits per heavy atom.